The molecule has 3 aromatic rings. The number of aromatic nitrogens is 4. The van der Waals surface area contributed by atoms with E-state index in [1.54, 1.807) is 24.7 Å². The van der Waals surface area contributed by atoms with Crippen molar-refractivity contribution in [1.82, 2.24) is 24.2 Å². The van der Waals surface area contributed by atoms with Crippen LogP contribution in [0.2, 0.25) is 0 Å². The van der Waals surface area contributed by atoms with E-state index in [0.29, 0.717) is 5.52 Å². The van der Waals surface area contributed by atoms with Gasteiger partial charge in [-0.05, 0) is 25.3 Å². The maximum absolute atomic E-state index is 13.6. The zero-order valence-electron chi connectivity index (χ0n) is 18.9. The van der Waals surface area contributed by atoms with Crippen molar-refractivity contribution in [2.45, 2.75) is 50.4 Å². The lowest BCUT2D eigenvalue weighted by Crippen LogP contribution is -2.50. The monoisotopic (exact) mass is 477 g/mol. The first-order chi connectivity index (χ1) is 16.0. The molecule has 8 nitrogen and oxygen atoms in total. The van der Waals surface area contributed by atoms with Crippen LogP contribution in [-0.4, -0.2) is 60.1 Å². The van der Waals surface area contributed by atoms with Crippen LogP contribution in [0.15, 0.2) is 41.5 Å². The molecule has 1 atom stereocenters. The van der Waals surface area contributed by atoms with E-state index >= 15 is 0 Å². The van der Waals surface area contributed by atoms with Gasteiger partial charge in [0.25, 0.3) is 5.56 Å². The number of carbonyl (C=O) groups excluding carboxylic acids is 1. The van der Waals surface area contributed by atoms with E-state index in [-0.39, 0.29) is 49.1 Å². The molecule has 11 heteroatoms. The lowest BCUT2D eigenvalue weighted by Gasteiger charge is -2.39. The zero-order chi connectivity index (χ0) is 24.7. The molecule has 0 bridgehead atoms. The summed E-state index contributed by atoms with van der Waals surface area (Å²) in [6.07, 6.45) is -3.61. The van der Waals surface area contributed by atoms with Crippen LogP contribution in [0.3, 0.4) is 0 Å². The molecule has 0 saturated carbocycles. The summed E-state index contributed by atoms with van der Waals surface area (Å²) in [5, 5.41) is 15.2. The van der Waals surface area contributed by atoms with E-state index in [2.05, 4.69) is 10.1 Å². The predicted molar refractivity (Wildman–Crippen MR) is 118 cm³/mol. The van der Waals surface area contributed by atoms with Crippen LogP contribution in [0.5, 0.6) is 0 Å². The Morgan fingerprint density at radius 2 is 1.82 bits per heavy atom. The first-order valence-corrected chi connectivity index (χ1v) is 11.0. The van der Waals surface area contributed by atoms with Crippen LogP contribution in [0, 0.1) is 6.92 Å². The van der Waals surface area contributed by atoms with E-state index in [9.17, 15) is 27.9 Å². The number of carbonyl (C=O) groups is 1. The van der Waals surface area contributed by atoms with E-state index < -0.39 is 30.0 Å². The topological polar surface area (TPSA) is 93.2 Å². The number of hydrogen-bond acceptors (Lipinski definition) is 5. The Hall–Kier alpha value is -3.21. The Balaban J connectivity index is 1.43. The highest BCUT2D eigenvalue weighted by atomic mass is 19.4. The van der Waals surface area contributed by atoms with Crippen molar-refractivity contribution in [2.75, 3.05) is 13.1 Å². The van der Waals surface area contributed by atoms with Gasteiger partial charge in [-0.15, -0.1) is 0 Å². The maximum Gasteiger partial charge on any atom is 0.396 e. The molecule has 1 aliphatic rings. The van der Waals surface area contributed by atoms with Crippen molar-refractivity contribution < 1.29 is 23.1 Å². The van der Waals surface area contributed by atoms with Crippen molar-refractivity contribution in [2.24, 2.45) is 7.05 Å². The molecule has 2 aromatic heterocycles. The summed E-state index contributed by atoms with van der Waals surface area (Å²) >= 11 is 0. The van der Waals surface area contributed by atoms with Gasteiger partial charge in [-0.25, -0.2) is 4.98 Å². The number of aryl methyl sites for hydroxylation is 2. The van der Waals surface area contributed by atoms with Gasteiger partial charge in [-0.3, -0.25) is 18.8 Å². The Labute approximate surface area is 193 Å². The van der Waals surface area contributed by atoms with Crippen LogP contribution in [0.25, 0.3) is 11.0 Å². The molecule has 1 aromatic carbocycles. The maximum atomic E-state index is 13.6. The summed E-state index contributed by atoms with van der Waals surface area (Å²) < 4.78 is 43.7. The van der Waals surface area contributed by atoms with Crippen LogP contribution < -0.4 is 5.56 Å². The lowest BCUT2D eigenvalue weighted by atomic mass is 9.90. The van der Waals surface area contributed by atoms with E-state index in [1.165, 1.54) is 40.1 Å². The van der Waals surface area contributed by atoms with Crippen molar-refractivity contribution in [3.63, 3.8) is 0 Å². The van der Waals surface area contributed by atoms with Crippen molar-refractivity contribution >= 4 is 16.9 Å². The molecule has 0 unspecified atom stereocenters. The van der Waals surface area contributed by atoms with Gasteiger partial charge in [0.1, 0.15) is 5.52 Å². The van der Waals surface area contributed by atoms with Crippen LogP contribution >= 0.6 is 0 Å². The van der Waals surface area contributed by atoms with Gasteiger partial charge in [-0.1, -0.05) is 30.3 Å². The summed E-state index contributed by atoms with van der Waals surface area (Å²) in [6, 6.07) is 7.38. The van der Waals surface area contributed by atoms with Gasteiger partial charge in [0, 0.05) is 26.6 Å². The molecule has 182 valence electrons. The average Bonchev–Trinajstić information content (AvgIpc) is 3.08. The smallest absolute Gasteiger partial charge is 0.388 e. The normalized spacial score (nSPS) is 17.2. The summed E-state index contributed by atoms with van der Waals surface area (Å²) in [4.78, 5) is 31.1. The van der Waals surface area contributed by atoms with E-state index in [0.717, 1.165) is 5.69 Å². The molecule has 0 spiro atoms. The number of hydrogen-bond donors (Lipinski definition) is 1. The highest BCUT2D eigenvalue weighted by Crippen LogP contribution is 2.38. The quantitative estimate of drug-likeness (QED) is 0.610. The van der Waals surface area contributed by atoms with Gasteiger partial charge in [0.05, 0.1) is 30.1 Å². The molecule has 4 rings (SSSR count). The molecule has 34 heavy (non-hydrogen) atoms. The number of nitrogens with zero attached hydrogens (tertiary/aromatic N) is 5. The SMILES string of the molecule is Cc1c2ncn(CC3(O)CCN(C(=O)C[C@H](c4ccccc4)C(F)(F)F)CC3)c(=O)c2nn1C. The van der Waals surface area contributed by atoms with Gasteiger partial charge < -0.3 is 10.0 Å². The number of amides is 1. The Morgan fingerprint density at radius 1 is 1.18 bits per heavy atom. The summed E-state index contributed by atoms with van der Waals surface area (Å²) in [6.45, 7) is 1.96. The first kappa shape index (κ1) is 23.9. The van der Waals surface area contributed by atoms with Crippen molar-refractivity contribution in [3.05, 3.63) is 58.3 Å². The fraction of sp³-hybridized carbons (Fsp3) is 0.478. The lowest BCUT2D eigenvalue weighted by molar-refractivity contribution is -0.162. The van der Waals surface area contributed by atoms with E-state index in [4.69, 9.17) is 0 Å². The molecule has 1 saturated heterocycles. The Morgan fingerprint density at radius 3 is 2.44 bits per heavy atom. The average molecular weight is 477 g/mol. The summed E-state index contributed by atoms with van der Waals surface area (Å²) in [5.74, 6) is -2.50. The second-order valence-electron chi connectivity index (χ2n) is 8.90. The molecule has 1 fully saturated rings. The molecule has 0 radical (unpaired) electrons. The molecule has 3 heterocycles. The third kappa shape index (κ3) is 4.70. The Kier molecular flexibility index (Phi) is 6.24. The second kappa shape index (κ2) is 8.86. The predicted octanol–water partition coefficient (Wildman–Crippen LogP) is 2.53. The number of halogens is 3. The first-order valence-electron chi connectivity index (χ1n) is 11.0. The van der Waals surface area contributed by atoms with Gasteiger partial charge in [0.2, 0.25) is 5.91 Å². The standard InChI is InChI=1S/C23H26F3N5O3/c1-15-19-20(28-29(15)2)21(33)31(14-27-19)13-22(34)8-10-30(11-9-22)18(32)12-17(23(24,25)26)16-6-4-3-5-7-16/h3-7,14,17,34H,8-13H2,1-2H3/t17-/m1/s1. The molecular weight excluding hydrogens is 451 g/mol. The molecular formula is C23H26F3N5O3. The summed E-state index contributed by atoms with van der Waals surface area (Å²) in [5.41, 5.74) is -0.174. The minimum atomic E-state index is -4.55. The van der Waals surface area contributed by atoms with Crippen molar-refractivity contribution in [1.29, 1.82) is 0 Å². The number of piperidine rings is 1. The molecule has 1 N–H and O–H groups in total. The molecule has 1 aliphatic heterocycles. The van der Waals surface area contributed by atoms with Gasteiger partial charge >= 0.3 is 6.18 Å². The van der Waals surface area contributed by atoms with Crippen molar-refractivity contribution in [3.8, 4) is 0 Å². The number of benzene rings is 1. The minimum Gasteiger partial charge on any atom is -0.388 e. The number of alkyl halides is 3. The van der Waals surface area contributed by atoms with Gasteiger partial charge in [0.15, 0.2) is 5.52 Å². The number of fused-ring (bicyclic) bond motifs is 1. The van der Waals surface area contributed by atoms with Crippen LogP contribution in [0.4, 0.5) is 13.2 Å². The third-order valence-electron chi connectivity index (χ3n) is 6.58. The molecule has 0 aliphatic carbocycles. The minimum absolute atomic E-state index is 0.0401. The fourth-order valence-electron chi connectivity index (χ4n) is 4.38. The zero-order valence-corrected chi connectivity index (χ0v) is 18.9. The fourth-order valence-corrected chi connectivity index (χ4v) is 4.38. The summed E-state index contributed by atoms with van der Waals surface area (Å²) in [7, 11) is 1.71. The largest absolute Gasteiger partial charge is 0.396 e. The van der Waals surface area contributed by atoms with E-state index in [1.807, 2.05) is 0 Å². The van der Waals surface area contributed by atoms with Crippen LogP contribution in [-0.2, 0) is 18.4 Å². The highest BCUT2D eigenvalue weighted by molar-refractivity contribution is 5.77. The highest BCUT2D eigenvalue weighted by Gasteiger charge is 2.43. The Bertz CT molecular complexity index is 1240. The number of aliphatic hydroxyl groups is 1. The second-order valence-corrected chi connectivity index (χ2v) is 8.90. The number of rotatable bonds is 5. The van der Waals surface area contributed by atoms with Gasteiger partial charge in [-0.2, -0.15) is 18.3 Å². The van der Waals surface area contributed by atoms with Crippen LogP contribution in [0.1, 0.15) is 36.4 Å². The third-order valence-corrected chi connectivity index (χ3v) is 6.58. The number of likely N-dealkylation sites (tertiary alicyclic amines) is 1. The molecule has 1 amide bonds.